The van der Waals surface area contributed by atoms with E-state index in [4.69, 9.17) is 34.8 Å². The number of benzene rings is 3. The number of sulfonamides is 1. The van der Waals surface area contributed by atoms with Crippen LogP contribution in [0, 0.1) is 0 Å². The number of rotatable bonds is 9. The highest BCUT2D eigenvalue weighted by atomic mass is 35.5. The van der Waals surface area contributed by atoms with Crippen LogP contribution in [0.25, 0.3) is 0 Å². The van der Waals surface area contributed by atoms with Crippen LogP contribution in [0.5, 0.6) is 0 Å². The number of nitrogens with zero attached hydrogens (tertiary/aromatic N) is 2. The smallest absolute Gasteiger partial charge is 0.264 e. The zero-order valence-electron chi connectivity index (χ0n) is 22.0. The Morgan fingerprint density at radius 3 is 2.03 bits per heavy atom. The molecule has 7 nitrogen and oxygen atoms in total. The number of halogens is 3. The average Bonchev–Trinajstić information content (AvgIpc) is 2.84. The molecule has 0 bridgehead atoms. The Labute approximate surface area is 244 Å². The van der Waals surface area contributed by atoms with Gasteiger partial charge in [-0.3, -0.25) is 13.9 Å². The Morgan fingerprint density at radius 2 is 1.46 bits per heavy atom. The third-order valence-corrected chi connectivity index (χ3v) is 8.19. The highest BCUT2D eigenvalue weighted by molar-refractivity contribution is 7.92. The summed E-state index contributed by atoms with van der Waals surface area (Å²) >= 11 is 18.3. The SMILES string of the molecule is C[C@@H](C(=O)NC(C)(C)C)N(Cc1cccc(Cl)c1)C(=O)CN(c1cccc(Cl)c1)S(=O)(=O)c1ccc(Cl)cc1. The van der Waals surface area contributed by atoms with Gasteiger partial charge in [-0.15, -0.1) is 0 Å². The zero-order valence-corrected chi connectivity index (χ0v) is 25.1. The van der Waals surface area contributed by atoms with Gasteiger partial charge in [0.2, 0.25) is 11.8 Å². The van der Waals surface area contributed by atoms with Crippen LogP contribution in [0.15, 0.2) is 77.7 Å². The molecule has 3 aromatic carbocycles. The van der Waals surface area contributed by atoms with Crippen LogP contribution in [-0.2, 0) is 26.2 Å². The molecular weight excluding hydrogens is 581 g/mol. The number of amides is 2. The number of carbonyl (C=O) groups is 2. The monoisotopic (exact) mass is 609 g/mol. The summed E-state index contributed by atoms with van der Waals surface area (Å²) in [6, 6.07) is 17.8. The maximum atomic E-state index is 13.9. The molecule has 0 saturated heterocycles. The molecule has 0 aliphatic heterocycles. The van der Waals surface area contributed by atoms with Gasteiger partial charge in [-0.25, -0.2) is 8.42 Å². The van der Waals surface area contributed by atoms with Crippen molar-refractivity contribution in [1.29, 1.82) is 0 Å². The fourth-order valence-electron chi connectivity index (χ4n) is 3.78. The molecule has 1 atom stereocenters. The van der Waals surface area contributed by atoms with Crippen molar-refractivity contribution in [1.82, 2.24) is 10.2 Å². The molecule has 0 radical (unpaired) electrons. The summed E-state index contributed by atoms with van der Waals surface area (Å²) in [5.41, 5.74) is 0.336. The quantitative estimate of drug-likeness (QED) is 0.314. The minimum atomic E-state index is -4.22. The molecule has 0 saturated carbocycles. The van der Waals surface area contributed by atoms with Crippen molar-refractivity contribution in [3.05, 3.63) is 93.4 Å². The van der Waals surface area contributed by atoms with E-state index in [0.717, 1.165) is 4.31 Å². The Morgan fingerprint density at radius 1 is 0.872 bits per heavy atom. The van der Waals surface area contributed by atoms with Gasteiger partial charge >= 0.3 is 0 Å². The van der Waals surface area contributed by atoms with Gasteiger partial charge in [-0.1, -0.05) is 53.0 Å². The van der Waals surface area contributed by atoms with E-state index < -0.39 is 34.1 Å². The first-order valence-electron chi connectivity index (χ1n) is 12.1. The third-order valence-electron chi connectivity index (χ3n) is 5.68. The lowest BCUT2D eigenvalue weighted by atomic mass is 10.1. The number of nitrogens with one attached hydrogen (secondary N) is 1. The Hall–Kier alpha value is -2.78. The molecule has 39 heavy (non-hydrogen) atoms. The first-order valence-corrected chi connectivity index (χ1v) is 14.6. The topological polar surface area (TPSA) is 86.8 Å². The highest BCUT2D eigenvalue weighted by Gasteiger charge is 2.33. The van der Waals surface area contributed by atoms with E-state index in [1.165, 1.54) is 35.2 Å². The molecule has 11 heteroatoms. The van der Waals surface area contributed by atoms with Gasteiger partial charge in [-0.05, 0) is 87.9 Å². The van der Waals surface area contributed by atoms with E-state index in [1.807, 2.05) is 20.8 Å². The Kier molecular flexibility index (Phi) is 9.93. The van der Waals surface area contributed by atoms with Gasteiger partial charge in [0.1, 0.15) is 12.6 Å². The number of carbonyl (C=O) groups excluding carboxylic acids is 2. The summed E-state index contributed by atoms with van der Waals surface area (Å²) in [5.74, 6) is -0.975. The van der Waals surface area contributed by atoms with E-state index in [0.29, 0.717) is 20.6 Å². The van der Waals surface area contributed by atoms with E-state index in [9.17, 15) is 18.0 Å². The lowest BCUT2D eigenvalue weighted by Gasteiger charge is -2.33. The molecule has 0 aromatic heterocycles. The summed E-state index contributed by atoms with van der Waals surface area (Å²) in [7, 11) is -4.22. The molecule has 0 heterocycles. The fourth-order valence-corrected chi connectivity index (χ4v) is 5.71. The number of hydrogen-bond acceptors (Lipinski definition) is 4. The van der Waals surface area contributed by atoms with Crippen LogP contribution in [0.1, 0.15) is 33.3 Å². The molecule has 3 rings (SSSR count). The van der Waals surface area contributed by atoms with Crippen LogP contribution in [-0.4, -0.2) is 43.3 Å². The van der Waals surface area contributed by atoms with Crippen molar-refractivity contribution in [2.45, 2.75) is 50.7 Å². The lowest BCUT2D eigenvalue weighted by Crippen LogP contribution is -2.54. The van der Waals surface area contributed by atoms with Crippen molar-refractivity contribution < 1.29 is 18.0 Å². The largest absolute Gasteiger partial charge is 0.350 e. The van der Waals surface area contributed by atoms with Crippen LogP contribution < -0.4 is 9.62 Å². The maximum Gasteiger partial charge on any atom is 0.264 e. The summed E-state index contributed by atoms with van der Waals surface area (Å²) in [5, 5.41) is 4.02. The van der Waals surface area contributed by atoms with Gasteiger partial charge in [0.25, 0.3) is 10.0 Å². The molecule has 0 unspecified atom stereocenters. The first-order chi connectivity index (χ1) is 18.2. The van der Waals surface area contributed by atoms with Crippen LogP contribution in [0.2, 0.25) is 15.1 Å². The van der Waals surface area contributed by atoms with E-state index in [-0.39, 0.29) is 23.0 Å². The zero-order chi connectivity index (χ0) is 29.0. The number of anilines is 1. The average molecular weight is 611 g/mol. The molecule has 208 valence electrons. The van der Waals surface area contributed by atoms with Gasteiger partial charge in [0, 0.05) is 27.2 Å². The Balaban J connectivity index is 2.04. The molecule has 2 amide bonds. The van der Waals surface area contributed by atoms with Crippen molar-refractivity contribution in [3.8, 4) is 0 Å². The normalized spacial score (nSPS) is 12.5. The van der Waals surface area contributed by atoms with E-state index >= 15 is 0 Å². The summed E-state index contributed by atoms with van der Waals surface area (Å²) < 4.78 is 28.5. The molecule has 0 spiro atoms. The van der Waals surface area contributed by atoms with Crippen LogP contribution in [0.3, 0.4) is 0 Å². The minimum Gasteiger partial charge on any atom is -0.350 e. The van der Waals surface area contributed by atoms with Crippen molar-refractivity contribution in [2.75, 3.05) is 10.8 Å². The molecule has 0 aliphatic rings. The second-order valence-electron chi connectivity index (χ2n) is 10.0. The highest BCUT2D eigenvalue weighted by Crippen LogP contribution is 2.27. The van der Waals surface area contributed by atoms with Crippen LogP contribution in [0.4, 0.5) is 5.69 Å². The molecule has 3 aromatic rings. The second kappa shape index (κ2) is 12.6. The van der Waals surface area contributed by atoms with Gasteiger partial charge in [-0.2, -0.15) is 0 Å². The van der Waals surface area contributed by atoms with Gasteiger partial charge in [0.15, 0.2) is 0 Å². The lowest BCUT2D eigenvalue weighted by molar-refractivity contribution is -0.140. The number of hydrogen-bond donors (Lipinski definition) is 1. The molecule has 0 fully saturated rings. The van der Waals surface area contributed by atoms with E-state index in [2.05, 4.69) is 5.32 Å². The van der Waals surface area contributed by atoms with Crippen LogP contribution >= 0.6 is 34.8 Å². The predicted molar refractivity (Wildman–Crippen MR) is 157 cm³/mol. The van der Waals surface area contributed by atoms with Gasteiger partial charge in [0.05, 0.1) is 10.6 Å². The van der Waals surface area contributed by atoms with Crippen molar-refractivity contribution in [3.63, 3.8) is 0 Å². The Bertz CT molecular complexity index is 1440. The summed E-state index contributed by atoms with van der Waals surface area (Å²) in [6.45, 7) is 6.55. The maximum absolute atomic E-state index is 13.9. The second-order valence-corrected chi connectivity index (χ2v) is 13.2. The third kappa shape index (κ3) is 8.35. The van der Waals surface area contributed by atoms with Gasteiger partial charge < -0.3 is 10.2 Å². The standard InChI is InChI=1S/C28H30Cl3N3O4S/c1-19(27(36)32-28(2,3)4)33(17-20-7-5-8-22(30)15-20)26(35)18-34(24-10-6-9-23(31)16-24)39(37,38)25-13-11-21(29)12-14-25/h5-16,19H,17-18H2,1-4H3,(H,32,36)/t19-/m0/s1. The fraction of sp³-hybridized carbons (Fsp3) is 0.286. The first kappa shape index (κ1) is 30.8. The summed E-state index contributed by atoms with van der Waals surface area (Å²) in [6.07, 6.45) is 0. The van der Waals surface area contributed by atoms with E-state index in [1.54, 1.807) is 49.4 Å². The summed E-state index contributed by atoms with van der Waals surface area (Å²) in [4.78, 5) is 28.3. The van der Waals surface area contributed by atoms with Crippen molar-refractivity contribution >= 4 is 62.3 Å². The predicted octanol–water partition coefficient (Wildman–Crippen LogP) is 6.17. The minimum absolute atomic E-state index is 0.0303. The molecular formula is C28H30Cl3N3O4S. The molecule has 1 N–H and O–H groups in total. The van der Waals surface area contributed by atoms with Crippen molar-refractivity contribution in [2.24, 2.45) is 0 Å². The molecule has 0 aliphatic carbocycles.